The smallest absolute Gasteiger partial charge is 0.355 e. The van der Waals surface area contributed by atoms with Crippen LogP contribution in [-0.4, -0.2) is 66.3 Å². The molecule has 0 aromatic heterocycles. The first-order valence-electron chi connectivity index (χ1n) is 16.9. The molecule has 2 unspecified atom stereocenters. The highest BCUT2D eigenvalue weighted by atomic mass is 16.6. The van der Waals surface area contributed by atoms with Gasteiger partial charge < -0.3 is 42.6 Å². The minimum atomic E-state index is -1.33. The molecule has 4 aromatic carbocycles. The summed E-state index contributed by atoms with van der Waals surface area (Å²) in [5.74, 6) is 2.71. The van der Waals surface area contributed by atoms with Gasteiger partial charge in [-0.25, -0.2) is 9.59 Å². The number of carbonyl (C=O) groups excluding carboxylic acids is 2. The maximum absolute atomic E-state index is 13.8. The van der Waals surface area contributed by atoms with Gasteiger partial charge in [-0.15, -0.1) is 0 Å². The van der Waals surface area contributed by atoms with Crippen molar-refractivity contribution in [2.45, 2.75) is 58.2 Å². The van der Waals surface area contributed by atoms with Gasteiger partial charge >= 0.3 is 11.9 Å². The van der Waals surface area contributed by atoms with Crippen LogP contribution in [0, 0.1) is 0 Å². The molecule has 0 amide bonds. The third-order valence-corrected chi connectivity index (χ3v) is 8.48. The molecule has 52 heavy (non-hydrogen) atoms. The number of rotatable bonds is 18. The normalized spacial score (nSPS) is 12.5. The number of hydrogen-bond acceptors (Lipinski definition) is 11. The molecular formula is C41H48O11. The van der Waals surface area contributed by atoms with Crippen LogP contribution < -0.4 is 37.9 Å². The highest BCUT2D eigenvalue weighted by Gasteiger charge is 2.38. The van der Waals surface area contributed by atoms with Gasteiger partial charge in [0.2, 0.25) is 5.60 Å². The van der Waals surface area contributed by atoms with Crippen molar-refractivity contribution in [2.24, 2.45) is 0 Å². The second-order valence-corrected chi connectivity index (χ2v) is 12.3. The molecule has 11 nitrogen and oxygen atoms in total. The summed E-state index contributed by atoms with van der Waals surface area (Å²) in [5.41, 5.74) is 2.51. The van der Waals surface area contributed by atoms with Gasteiger partial charge in [0.25, 0.3) is 0 Å². The fourth-order valence-electron chi connectivity index (χ4n) is 5.72. The van der Waals surface area contributed by atoms with E-state index in [4.69, 9.17) is 42.6 Å². The van der Waals surface area contributed by atoms with Gasteiger partial charge in [-0.3, -0.25) is 0 Å². The van der Waals surface area contributed by atoms with E-state index in [0.717, 1.165) is 22.3 Å². The molecular weight excluding hydrogens is 668 g/mol. The number of ether oxygens (including phenoxy) is 9. The quantitative estimate of drug-likeness (QED) is 0.0758. The molecule has 0 saturated carbocycles. The third-order valence-electron chi connectivity index (χ3n) is 8.48. The van der Waals surface area contributed by atoms with Crippen LogP contribution in [0.2, 0.25) is 0 Å². The Morgan fingerprint density at radius 2 is 0.981 bits per heavy atom. The molecule has 0 radical (unpaired) electrons. The van der Waals surface area contributed by atoms with Crippen LogP contribution in [0.5, 0.6) is 46.0 Å². The number of esters is 2. The standard InChI is InChI=1S/C41H48O11/c1-10-19-41(3,52-34-18-14-30(25-38(34)48-8)20-27-11-15-31(44-4)35(22-27)45-5)40(43)51-33-17-13-29(24-37(33)47-7)21-28-12-16-32(36(23-28)46-6)50-26(2)39(42)49-9/h11-18,22-26H,10,19-21H2,1-9H3. The van der Waals surface area contributed by atoms with Crippen LogP contribution in [-0.2, 0) is 27.2 Å². The van der Waals surface area contributed by atoms with Crippen LogP contribution in [0.25, 0.3) is 0 Å². The molecule has 0 N–H and O–H groups in total. The average molecular weight is 717 g/mol. The van der Waals surface area contributed by atoms with Gasteiger partial charge in [-0.05, 0) is 104 Å². The summed E-state index contributed by atoms with van der Waals surface area (Å²) in [7, 11) is 9.13. The average Bonchev–Trinajstić information content (AvgIpc) is 3.15. The van der Waals surface area contributed by atoms with Crippen LogP contribution in [0.4, 0.5) is 0 Å². The predicted molar refractivity (Wildman–Crippen MR) is 196 cm³/mol. The van der Waals surface area contributed by atoms with Gasteiger partial charge in [0, 0.05) is 0 Å². The molecule has 0 aliphatic rings. The fraction of sp³-hybridized carbons (Fsp3) is 0.366. The molecule has 4 rings (SSSR count). The monoisotopic (exact) mass is 716 g/mol. The first-order valence-corrected chi connectivity index (χ1v) is 16.9. The SMILES string of the molecule is CCCC(C)(Oc1ccc(Cc2ccc(OC)c(OC)c2)cc1OC)C(=O)Oc1ccc(Cc2ccc(OC(C)C(=O)OC)c(OC)c2)cc1OC. The summed E-state index contributed by atoms with van der Waals surface area (Å²) in [6.45, 7) is 5.29. The van der Waals surface area contributed by atoms with Crippen molar-refractivity contribution in [3.63, 3.8) is 0 Å². The molecule has 0 saturated heterocycles. The first-order chi connectivity index (χ1) is 25.0. The van der Waals surface area contributed by atoms with Crippen molar-refractivity contribution in [1.82, 2.24) is 0 Å². The maximum Gasteiger partial charge on any atom is 0.355 e. The lowest BCUT2D eigenvalue weighted by atomic mass is 9.99. The lowest BCUT2D eigenvalue weighted by Crippen LogP contribution is -2.44. The minimum absolute atomic E-state index is 0.262. The van der Waals surface area contributed by atoms with Crippen molar-refractivity contribution in [3.8, 4) is 46.0 Å². The molecule has 0 heterocycles. The van der Waals surface area contributed by atoms with Crippen LogP contribution in [0.1, 0.15) is 55.9 Å². The van der Waals surface area contributed by atoms with Crippen molar-refractivity contribution in [1.29, 1.82) is 0 Å². The van der Waals surface area contributed by atoms with Gasteiger partial charge in [0.05, 0.1) is 42.7 Å². The number of hydrogen-bond donors (Lipinski definition) is 0. The Balaban J connectivity index is 1.49. The summed E-state index contributed by atoms with van der Waals surface area (Å²) >= 11 is 0. The highest BCUT2D eigenvalue weighted by molar-refractivity contribution is 5.82. The summed E-state index contributed by atoms with van der Waals surface area (Å²) in [6.07, 6.45) is 1.40. The van der Waals surface area contributed by atoms with Crippen LogP contribution >= 0.6 is 0 Å². The van der Waals surface area contributed by atoms with Gasteiger partial charge in [-0.2, -0.15) is 0 Å². The molecule has 278 valence electrons. The second-order valence-electron chi connectivity index (χ2n) is 12.3. The summed E-state index contributed by atoms with van der Waals surface area (Å²) in [5, 5.41) is 0. The van der Waals surface area contributed by atoms with E-state index in [1.54, 1.807) is 53.4 Å². The van der Waals surface area contributed by atoms with E-state index in [9.17, 15) is 9.59 Å². The Hall–Kier alpha value is -5.58. The highest BCUT2D eigenvalue weighted by Crippen LogP contribution is 2.37. The molecule has 0 spiro atoms. The molecule has 11 heteroatoms. The van der Waals surface area contributed by atoms with Crippen molar-refractivity contribution in [3.05, 3.63) is 95.1 Å². The Morgan fingerprint density at radius 3 is 1.44 bits per heavy atom. The zero-order valence-corrected chi connectivity index (χ0v) is 31.3. The topological polar surface area (TPSA) is 117 Å². The van der Waals surface area contributed by atoms with Gasteiger partial charge in [0.15, 0.2) is 52.1 Å². The van der Waals surface area contributed by atoms with Crippen LogP contribution in [0.15, 0.2) is 72.8 Å². The van der Waals surface area contributed by atoms with E-state index < -0.39 is 23.6 Å². The van der Waals surface area contributed by atoms with E-state index in [-0.39, 0.29) is 5.75 Å². The number of methoxy groups -OCH3 is 6. The zero-order valence-electron chi connectivity index (χ0n) is 31.3. The molecule has 2 atom stereocenters. The van der Waals surface area contributed by atoms with Crippen LogP contribution in [0.3, 0.4) is 0 Å². The number of benzene rings is 4. The Labute approximate surface area is 305 Å². The third kappa shape index (κ3) is 9.60. The summed E-state index contributed by atoms with van der Waals surface area (Å²) < 4.78 is 50.5. The summed E-state index contributed by atoms with van der Waals surface area (Å²) in [4.78, 5) is 25.6. The largest absolute Gasteiger partial charge is 0.493 e. The van der Waals surface area contributed by atoms with Crippen molar-refractivity contribution >= 4 is 11.9 Å². The second kappa shape index (κ2) is 18.1. The molecule has 0 fully saturated rings. The van der Waals surface area contributed by atoms with Crippen molar-refractivity contribution < 1.29 is 52.2 Å². The Kier molecular flexibility index (Phi) is 13.6. The van der Waals surface area contributed by atoms with Gasteiger partial charge in [0.1, 0.15) is 0 Å². The molecule has 0 aliphatic heterocycles. The first kappa shape index (κ1) is 39.2. The zero-order chi connectivity index (χ0) is 37.8. The Bertz CT molecular complexity index is 1840. The van der Waals surface area contributed by atoms with Gasteiger partial charge in [-0.1, -0.05) is 37.6 Å². The maximum atomic E-state index is 13.8. The Morgan fingerprint density at radius 1 is 0.577 bits per heavy atom. The van der Waals surface area contributed by atoms with E-state index in [1.165, 1.54) is 21.3 Å². The van der Waals surface area contributed by atoms with Crippen molar-refractivity contribution in [2.75, 3.05) is 42.7 Å². The summed E-state index contributed by atoms with van der Waals surface area (Å²) in [6, 6.07) is 22.3. The van der Waals surface area contributed by atoms with E-state index in [2.05, 4.69) is 0 Å². The van der Waals surface area contributed by atoms with E-state index in [0.29, 0.717) is 65.9 Å². The number of carbonyl (C=O) groups is 2. The van der Waals surface area contributed by atoms with E-state index >= 15 is 0 Å². The fourth-order valence-corrected chi connectivity index (χ4v) is 5.72. The minimum Gasteiger partial charge on any atom is -0.493 e. The lowest BCUT2D eigenvalue weighted by molar-refractivity contribution is -0.151. The molecule has 0 bridgehead atoms. The molecule has 0 aliphatic carbocycles. The van der Waals surface area contributed by atoms with E-state index in [1.807, 2.05) is 61.5 Å². The molecule has 4 aromatic rings. The lowest BCUT2D eigenvalue weighted by Gasteiger charge is -2.29. The predicted octanol–water partition coefficient (Wildman–Crippen LogP) is 7.39.